The van der Waals surface area contributed by atoms with Crippen LogP contribution in [0.15, 0.2) is 66.7 Å². The Bertz CT molecular complexity index is 1260. The average Bonchev–Trinajstić information content (AvgIpc) is 3.58. The number of ether oxygens (including phenoxy) is 1. The Labute approximate surface area is 227 Å². The molecule has 2 N–H and O–H groups in total. The highest BCUT2D eigenvalue weighted by atomic mass is 35.5. The maximum absolute atomic E-state index is 14.2. The van der Waals surface area contributed by atoms with Gasteiger partial charge in [0.05, 0.1) is 24.0 Å². The van der Waals surface area contributed by atoms with Crippen molar-refractivity contribution in [1.29, 1.82) is 0 Å². The van der Waals surface area contributed by atoms with E-state index in [0.29, 0.717) is 10.7 Å². The first kappa shape index (κ1) is 25.1. The molecule has 3 fully saturated rings. The number of halogens is 1. The van der Waals surface area contributed by atoms with Crippen molar-refractivity contribution in [3.63, 3.8) is 0 Å². The number of anilines is 1. The number of fused-ring (bicyclic) bond motifs is 1. The second-order valence-corrected chi connectivity index (χ2v) is 11.3. The first-order valence-corrected chi connectivity index (χ1v) is 13.9. The van der Waals surface area contributed by atoms with Gasteiger partial charge in [-0.3, -0.25) is 14.4 Å². The predicted molar refractivity (Wildman–Crippen MR) is 144 cm³/mol. The standard InChI is InChI=1S/C30H32ClN3O4/c1-18(19-8-4-2-5-9-19)34-26(28(36)33-21-10-6-3-7-11-21)30-17-16-23(38-30)24(25(30)29(34)37)27(35)32-22-14-12-20(31)13-15-22/h2,4-5,8-9,12-18,21,23-26H,3,6-7,10-11H2,1H3,(H,32,35)(H,33,36)/t18-,23-,24+,25-,26-,30+/m1/s1. The molecule has 3 heterocycles. The van der Waals surface area contributed by atoms with E-state index in [0.717, 1.165) is 31.2 Å². The van der Waals surface area contributed by atoms with E-state index in [-0.39, 0.29) is 29.8 Å². The van der Waals surface area contributed by atoms with Crippen molar-refractivity contribution in [2.75, 3.05) is 5.32 Å². The van der Waals surface area contributed by atoms with Crippen LogP contribution in [0.2, 0.25) is 5.02 Å². The second kappa shape index (κ2) is 9.86. The van der Waals surface area contributed by atoms with E-state index in [1.165, 1.54) is 6.42 Å². The minimum atomic E-state index is -1.19. The zero-order valence-corrected chi connectivity index (χ0v) is 22.1. The largest absolute Gasteiger partial charge is 0.359 e. The molecule has 0 aromatic heterocycles. The third-order valence-electron chi connectivity index (χ3n) is 8.63. The van der Waals surface area contributed by atoms with Gasteiger partial charge in [0.15, 0.2) is 0 Å². The van der Waals surface area contributed by atoms with Crippen molar-refractivity contribution >= 4 is 35.0 Å². The molecule has 1 spiro atoms. The van der Waals surface area contributed by atoms with Crippen molar-refractivity contribution in [3.05, 3.63) is 77.3 Å². The highest BCUT2D eigenvalue weighted by Crippen LogP contribution is 2.56. The summed E-state index contributed by atoms with van der Waals surface area (Å²) in [4.78, 5) is 43.5. The highest BCUT2D eigenvalue weighted by molar-refractivity contribution is 6.30. The summed E-state index contributed by atoms with van der Waals surface area (Å²) in [5, 5.41) is 6.73. The fraction of sp³-hybridized carbons (Fsp3) is 0.433. The van der Waals surface area contributed by atoms with Crippen LogP contribution >= 0.6 is 11.6 Å². The molecule has 2 aromatic carbocycles. The first-order chi connectivity index (χ1) is 18.4. The number of nitrogens with zero attached hydrogens (tertiary/aromatic N) is 1. The molecule has 7 nitrogen and oxygen atoms in total. The zero-order chi connectivity index (χ0) is 26.4. The highest BCUT2D eigenvalue weighted by Gasteiger charge is 2.73. The molecule has 0 radical (unpaired) electrons. The van der Waals surface area contributed by atoms with E-state index in [2.05, 4.69) is 10.6 Å². The zero-order valence-electron chi connectivity index (χ0n) is 21.3. The average molecular weight is 534 g/mol. The Balaban J connectivity index is 1.35. The number of likely N-dealkylation sites (tertiary alicyclic amines) is 1. The number of hydrogen-bond acceptors (Lipinski definition) is 4. The summed E-state index contributed by atoms with van der Waals surface area (Å²) < 4.78 is 6.47. The number of carbonyl (C=O) groups excluding carboxylic acids is 3. The first-order valence-electron chi connectivity index (χ1n) is 13.5. The summed E-state index contributed by atoms with van der Waals surface area (Å²) in [5.74, 6) is -2.28. The number of amides is 3. The van der Waals surface area contributed by atoms with Crippen LogP contribution in [0.5, 0.6) is 0 Å². The van der Waals surface area contributed by atoms with E-state index in [1.807, 2.05) is 49.4 Å². The minimum Gasteiger partial charge on any atom is -0.359 e. The monoisotopic (exact) mass is 533 g/mol. The molecule has 4 aliphatic rings. The molecule has 2 aromatic rings. The van der Waals surface area contributed by atoms with Crippen molar-refractivity contribution in [2.24, 2.45) is 11.8 Å². The van der Waals surface area contributed by atoms with Gasteiger partial charge in [0.1, 0.15) is 11.6 Å². The number of rotatable bonds is 6. The normalized spacial score (nSPS) is 30.8. The van der Waals surface area contributed by atoms with Gasteiger partial charge < -0.3 is 20.3 Å². The van der Waals surface area contributed by atoms with Crippen LogP contribution in [0.4, 0.5) is 5.69 Å². The third-order valence-corrected chi connectivity index (χ3v) is 8.88. The molecule has 6 atom stereocenters. The fourth-order valence-corrected chi connectivity index (χ4v) is 6.93. The maximum Gasteiger partial charge on any atom is 0.246 e. The molecule has 1 aliphatic carbocycles. The summed E-state index contributed by atoms with van der Waals surface area (Å²) >= 11 is 6.00. The lowest BCUT2D eigenvalue weighted by Gasteiger charge is -2.37. The van der Waals surface area contributed by atoms with Gasteiger partial charge in [-0.25, -0.2) is 0 Å². The van der Waals surface area contributed by atoms with Crippen LogP contribution in [0.3, 0.4) is 0 Å². The molecule has 0 unspecified atom stereocenters. The van der Waals surface area contributed by atoms with Crippen molar-refractivity contribution in [3.8, 4) is 0 Å². The smallest absolute Gasteiger partial charge is 0.246 e. The molecule has 198 valence electrons. The number of hydrogen-bond donors (Lipinski definition) is 2. The van der Waals surface area contributed by atoms with Crippen LogP contribution in [0.1, 0.15) is 50.6 Å². The second-order valence-electron chi connectivity index (χ2n) is 10.9. The summed E-state index contributed by atoms with van der Waals surface area (Å²) in [6.45, 7) is 1.94. The van der Waals surface area contributed by atoms with E-state index in [9.17, 15) is 14.4 Å². The fourth-order valence-electron chi connectivity index (χ4n) is 6.80. The van der Waals surface area contributed by atoms with E-state index in [1.54, 1.807) is 29.2 Å². The molecular weight excluding hydrogens is 502 g/mol. The van der Waals surface area contributed by atoms with Crippen LogP contribution in [0, 0.1) is 11.8 Å². The molecule has 2 saturated heterocycles. The number of nitrogens with one attached hydrogen (secondary N) is 2. The van der Waals surface area contributed by atoms with E-state index < -0.39 is 29.6 Å². The molecule has 38 heavy (non-hydrogen) atoms. The molecule has 3 amide bonds. The van der Waals surface area contributed by atoms with Gasteiger partial charge in [0.2, 0.25) is 17.7 Å². The van der Waals surface area contributed by atoms with Crippen molar-refractivity contribution < 1.29 is 19.1 Å². The summed E-state index contributed by atoms with van der Waals surface area (Å²) in [6.07, 6.45) is 8.33. The molecule has 8 heteroatoms. The van der Waals surface area contributed by atoms with Gasteiger partial charge in [0, 0.05) is 16.8 Å². The Morgan fingerprint density at radius 2 is 1.74 bits per heavy atom. The lowest BCUT2D eigenvalue weighted by molar-refractivity contribution is -0.143. The SMILES string of the molecule is C[C@H](c1ccccc1)N1C(=O)[C@H]2[C@@H](C(=O)Nc3ccc(Cl)cc3)[C@H]3C=C[C@@]2(O3)[C@H]1C(=O)NC1CCCCC1. The molecule has 6 rings (SSSR count). The van der Waals surface area contributed by atoms with Crippen LogP contribution in [-0.4, -0.2) is 46.4 Å². The van der Waals surface area contributed by atoms with Gasteiger partial charge in [-0.2, -0.15) is 0 Å². The van der Waals surface area contributed by atoms with Gasteiger partial charge >= 0.3 is 0 Å². The van der Waals surface area contributed by atoms with Gasteiger partial charge in [-0.15, -0.1) is 0 Å². The van der Waals surface area contributed by atoms with Gasteiger partial charge in [0.25, 0.3) is 0 Å². The lowest BCUT2D eigenvalue weighted by atomic mass is 9.74. The van der Waals surface area contributed by atoms with Gasteiger partial charge in [-0.1, -0.05) is 73.3 Å². The predicted octanol–water partition coefficient (Wildman–Crippen LogP) is 4.64. The van der Waals surface area contributed by atoms with Crippen LogP contribution in [0.25, 0.3) is 0 Å². The molecule has 1 saturated carbocycles. The maximum atomic E-state index is 14.2. The molecular formula is C30H32ClN3O4. The Morgan fingerprint density at radius 1 is 1.03 bits per heavy atom. The quantitative estimate of drug-likeness (QED) is 0.530. The summed E-state index contributed by atoms with van der Waals surface area (Å²) in [6, 6.07) is 15.4. The molecule has 2 bridgehead atoms. The van der Waals surface area contributed by atoms with Crippen LogP contribution < -0.4 is 10.6 Å². The minimum absolute atomic E-state index is 0.0854. The summed E-state index contributed by atoms with van der Waals surface area (Å²) in [7, 11) is 0. The molecule has 3 aliphatic heterocycles. The Kier molecular flexibility index (Phi) is 6.52. The Hall–Kier alpha value is -3.16. The van der Waals surface area contributed by atoms with Gasteiger partial charge in [-0.05, 0) is 49.6 Å². The van der Waals surface area contributed by atoms with E-state index in [4.69, 9.17) is 16.3 Å². The van der Waals surface area contributed by atoms with Crippen molar-refractivity contribution in [1.82, 2.24) is 10.2 Å². The van der Waals surface area contributed by atoms with E-state index >= 15 is 0 Å². The summed E-state index contributed by atoms with van der Waals surface area (Å²) in [5.41, 5.74) is 0.325. The lowest BCUT2D eigenvalue weighted by Crippen LogP contribution is -2.56. The van der Waals surface area contributed by atoms with Crippen LogP contribution in [-0.2, 0) is 19.1 Å². The topological polar surface area (TPSA) is 87.7 Å². The van der Waals surface area contributed by atoms with Crippen molar-refractivity contribution in [2.45, 2.75) is 68.9 Å². The third kappa shape index (κ3) is 4.12. The number of benzene rings is 2. The number of carbonyl (C=O) groups is 3. The Morgan fingerprint density at radius 3 is 2.45 bits per heavy atom.